The highest BCUT2D eigenvalue weighted by Crippen LogP contribution is 2.21. The quantitative estimate of drug-likeness (QED) is 0.870. The second-order valence-electron chi connectivity index (χ2n) is 5.60. The highest BCUT2D eigenvalue weighted by molar-refractivity contribution is 5.96. The normalized spacial score (nSPS) is 17.8. The van der Waals surface area contributed by atoms with Crippen LogP contribution in [-0.2, 0) is 0 Å². The van der Waals surface area contributed by atoms with Gasteiger partial charge in [0.2, 0.25) is 5.88 Å². The molecule has 0 bridgehead atoms. The molecular weight excluding hydrogens is 282 g/mol. The van der Waals surface area contributed by atoms with E-state index in [0.717, 1.165) is 12.1 Å². The minimum atomic E-state index is -0.0421. The number of rotatable bonds is 3. The van der Waals surface area contributed by atoms with Gasteiger partial charge in [-0.25, -0.2) is 4.98 Å². The zero-order valence-electron chi connectivity index (χ0n) is 13.0. The summed E-state index contributed by atoms with van der Waals surface area (Å²) in [4.78, 5) is 18.7. The van der Waals surface area contributed by atoms with Crippen molar-refractivity contribution in [2.75, 3.05) is 13.1 Å². The van der Waals surface area contributed by atoms with Crippen LogP contribution in [0.1, 0.15) is 33.9 Å². The van der Waals surface area contributed by atoms with Crippen LogP contribution >= 0.6 is 0 Å². The minimum Gasteiger partial charge on any atom is -0.472 e. The average Bonchev–Trinajstić information content (AvgIpc) is 3.06. The Balaban J connectivity index is 1.66. The Bertz CT molecular complexity index is 676. The number of amides is 1. The molecule has 2 aromatic heterocycles. The predicted octanol–water partition coefficient (Wildman–Crippen LogP) is 2.29. The second-order valence-corrected chi connectivity index (χ2v) is 5.60. The fraction of sp³-hybridized carbons (Fsp3) is 0.438. The lowest BCUT2D eigenvalue weighted by Gasteiger charge is -2.17. The van der Waals surface area contributed by atoms with E-state index >= 15 is 0 Å². The number of likely N-dealkylation sites (tertiary alicyclic amines) is 1. The number of aromatic nitrogens is 2. The number of carbonyl (C=O) groups is 1. The van der Waals surface area contributed by atoms with Crippen molar-refractivity contribution in [2.24, 2.45) is 0 Å². The molecule has 1 aliphatic heterocycles. The molecule has 1 unspecified atom stereocenters. The second kappa shape index (κ2) is 5.79. The Morgan fingerprint density at radius 1 is 1.36 bits per heavy atom. The first kappa shape index (κ1) is 14.6. The molecule has 116 valence electrons. The van der Waals surface area contributed by atoms with Crippen LogP contribution in [0.5, 0.6) is 5.88 Å². The summed E-state index contributed by atoms with van der Waals surface area (Å²) in [7, 11) is 0. The van der Waals surface area contributed by atoms with Crippen molar-refractivity contribution in [3.8, 4) is 5.88 Å². The van der Waals surface area contributed by atoms with Crippen molar-refractivity contribution in [2.45, 2.75) is 33.3 Å². The van der Waals surface area contributed by atoms with Gasteiger partial charge in [-0.3, -0.25) is 4.79 Å². The topological polar surface area (TPSA) is 68.5 Å². The van der Waals surface area contributed by atoms with Crippen LogP contribution in [0.25, 0.3) is 0 Å². The van der Waals surface area contributed by atoms with E-state index < -0.39 is 0 Å². The molecule has 0 saturated carbocycles. The third kappa shape index (κ3) is 2.81. The van der Waals surface area contributed by atoms with Crippen molar-refractivity contribution in [1.82, 2.24) is 15.0 Å². The summed E-state index contributed by atoms with van der Waals surface area (Å²) in [5.41, 5.74) is 2.11. The SMILES string of the molecule is Cc1cccc(OC2CCN(C(=O)c3c(C)noc3C)C2)n1. The fourth-order valence-corrected chi connectivity index (χ4v) is 2.71. The van der Waals surface area contributed by atoms with Gasteiger partial charge in [0, 0.05) is 24.7 Å². The van der Waals surface area contributed by atoms with E-state index in [-0.39, 0.29) is 12.0 Å². The summed E-state index contributed by atoms with van der Waals surface area (Å²) in [6.07, 6.45) is 0.767. The van der Waals surface area contributed by atoms with Gasteiger partial charge < -0.3 is 14.2 Å². The molecule has 0 aromatic carbocycles. The van der Waals surface area contributed by atoms with Crippen molar-refractivity contribution in [3.63, 3.8) is 0 Å². The first-order valence-corrected chi connectivity index (χ1v) is 7.37. The fourth-order valence-electron chi connectivity index (χ4n) is 2.71. The first-order chi connectivity index (χ1) is 10.5. The van der Waals surface area contributed by atoms with E-state index in [1.165, 1.54) is 0 Å². The zero-order chi connectivity index (χ0) is 15.7. The zero-order valence-corrected chi connectivity index (χ0v) is 13.0. The Kier molecular flexibility index (Phi) is 3.83. The number of pyridine rings is 1. The van der Waals surface area contributed by atoms with Crippen molar-refractivity contribution in [3.05, 3.63) is 40.9 Å². The summed E-state index contributed by atoms with van der Waals surface area (Å²) in [5.74, 6) is 1.13. The molecule has 22 heavy (non-hydrogen) atoms. The smallest absolute Gasteiger partial charge is 0.259 e. The highest BCUT2D eigenvalue weighted by atomic mass is 16.5. The van der Waals surface area contributed by atoms with E-state index in [0.29, 0.717) is 36.0 Å². The number of aryl methyl sites for hydroxylation is 3. The van der Waals surface area contributed by atoms with Crippen LogP contribution < -0.4 is 4.74 Å². The van der Waals surface area contributed by atoms with Crippen molar-refractivity contribution < 1.29 is 14.1 Å². The molecule has 0 spiro atoms. The van der Waals surface area contributed by atoms with Gasteiger partial charge in [-0.15, -0.1) is 0 Å². The minimum absolute atomic E-state index is 0.0290. The average molecular weight is 301 g/mol. The maximum Gasteiger partial charge on any atom is 0.259 e. The largest absolute Gasteiger partial charge is 0.472 e. The van der Waals surface area contributed by atoms with Gasteiger partial charge >= 0.3 is 0 Å². The van der Waals surface area contributed by atoms with Gasteiger partial charge in [-0.2, -0.15) is 0 Å². The van der Waals surface area contributed by atoms with E-state index in [1.807, 2.05) is 25.1 Å². The van der Waals surface area contributed by atoms with Crippen molar-refractivity contribution >= 4 is 5.91 Å². The maximum atomic E-state index is 12.6. The molecular formula is C16H19N3O3. The Hall–Kier alpha value is -2.37. The molecule has 1 atom stereocenters. The standard InChI is InChI=1S/C16H19N3O3/c1-10-5-4-6-14(17-10)21-13-7-8-19(9-13)16(20)15-11(2)18-22-12(15)3/h4-6,13H,7-9H2,1-3H3. The van der Waals surface area contributed by atoms with Crippen LogP contribution in [0.3, 0.4) is 0 Å². The van der Waals surface area contributed by atoms with E-state index in [2.05, 4.69) is 10.1 Å². The molecule has 6 nitrogen and oxygen atoms in total. The van der Waals surface area contributed by atoms with Crippen LogP contribution in [-0.4, -0.2) is 40.1 Å². The molecule has 3 rings (SSSR count). The lowest BCUT2D eigenvalue weighted by molar-refractivity contribution is 0.0768. The number of hydrogen-bond donors (Lipinski definition) is 0. The first-order valence-electron chi connectivity index (χ1n) is 7.37. The molecule has 0 N–H and O–H groups in total. The molecule has 3 heterocycles. The van der Waals surface area contributed by atoms with Gasteiger partial charge in [-0.05, 0) is 26.8 Å². The summed E-state index contributed by atoms with van der Waals surface area (Å²) >= 11 is 0. The Labute approximate surface area is 129 Å². The summed E-state index contributed by atoms with van der Waals surface area (Å²) in [5, 5.41) is 3.84. The molecule has 1 fully saturated rings. The van der Waals surface area contributed by atoms with Crippen LogP contribution in [0.4, 0.5) is 0 Å². The molecule has 6 heteroatoms. The number of carbonyl (C=O) groups excluding carboxylic acids is 1. The van der Waals surface area contributed by atoms with Crippen molar-refractivity contribution in [1.29, 1.82) is 0 Å². The summed E-state index contributed by atoms with van der Waals surface area (Å²) in [6, 6.07) is 5.68. The van der Waals surface area contributed by atoms with Gasteiger partial charge in [0.05, 0.1) is 12.2 Å². The Morgan fingerprint density at radius 3 is 2.86 bits per heavy atom. The van der Waals surface area contributed by atoms with Crippen LogP contribution in [0.2, 0.25) is 0 Å². The molecule has 0 aliphatic carbocycles. The van der Waals surface area contributed by atoms with E-state index in [9.17, 15) is 4.79 Å². The molecule has 1 saturated heterocycles. The van der Waals surface area contributed by atoms with Gasteiger partial charge in [0.25, 0.3) is 5.91 Å². The lowest BCUT2D eigenvalue weighted by atomic mass is 10.2. The van der Waals surface area contributed by atoms with Gasteiger partial charge in [-0.1, -0.05) is 11.2 Å². The van der Waals surface area contributed by atoms with E-state index in [1.54, 1.807) is 18.7 Å². The molecule has 2 aromatic rings. The summed E-state index contributed by atoms with van der Waals surface area (Å²) < 4.78 is 10.9. The maximum absolute atomic E-state index is 12.6. The number of ether oxygens (including phenoxy) is 1. The lowest BCUT2D eigenvalue weighted by Crippen LogP contribution is -2.31. The number of hydrogen-bond acceptors (Lipinski definition) is 5. The molecule has 0 radical (unpaired) electrons. The third-order valence-corrected chi connectivity index (χ3v) is 3.83. The monoisotopic (exact) mass is 301 g/mol. The van der Waals surface area contributed by atoms with Gasteiger partial charge in [0.15, 0.2) is 0 Å². The summed E-state index contributed by atoms with van der Waals surface area (Å²) in [6.45, 7) is 6.69. The van der Waals surface area contributed by atoms with E-state index in [4.69, 9.17) is 9.26 Å². The van der Waals surface area contributed by atoms with Crippen LogP contribution in [0, 0.1) is 20.8 Å². The van der Waals surface area contributed by atoms with Gasteiger partial charge in [0.1, 0.15) is 17.4 Å². The molecule has 1 amide bonds. The Morgan fingerprint density at radius 2 is 2.18 bits per heavy atom. The van der Waals surface area contributed by atoms with Crippen LogP contribution in [0.15, 0.2) is 22.7 Å². The highest BCUT2D eigenvalue weighted by Gasteiger charge is 2.31. The third-order valence-electron chi connectivity index (χ3n) is 3.83. The number of nitrogens with zero attached hydrogens (tertiary/aromatic N) is 3. The molecule has 1 aliphatic rings. The predicted molar refractivity (Wildman–Crippen MR) is 79.9 cm³/mol.